The molecule has 1 aliphatic rings. The van der Waals surface area contributed by atoms with E-state index in [2.05, 4.69) is 29.2 Å². The quantitative estimate of drug-likeness (QED) is 0.747. The number of nitrogens with zero attached hydrogens (tertiary/aromatic N) is 1. The maximum absolute atomic E-state index is 11.8. The zero-order valence-electron chi connectivity index (χ0n) is 12.4. The Morgan fingerprint density at radius 3 is 2.55 bits per heavy atom. The van der Waals surface area contributed by atoms with Gasteiger partial charge in [0.2, 0.25) is 0 Å². The third-order valence-electron chi connectivity index (χ3n) is 3.93. The first kappa shape index (κ1) is 15.0. The third-order valence-corrected chi connectivity index (χ3v) is 3.93. The first-order chi connectivity index (χ1) is 9.79. The SMILES string of the molecule is CCOC(=O)CC(Cc1ccccc1)N1CCCCC1. The van der Waals surface area contributed by atoms with Crippen molar-refractivity contribution in [1.82, 2.24) is 4.90 Å². The molecule has 0 aliphatic carbocycles. The molecule has 0 N–H and O–H groups in total. The lowest BCUT2D eigenvalue weighted by Crippen LogP contribution is -2.42. The fraction of sp³-hybridized carbons (Fsp3) is 0.588. The molecule has 1 aromatic carbocycles. The van der Waals surface area contributed by atoms with E-state index in [-0.39, 0.29) is 12.0 Å². The van der Waals surface area contributed by atoms with Crippen LogP contribution in [0.1, 0.15) is 38.2 Å². The molecular weight excluding hydrogens is 250 g/mol. The molecule has 0 saturated carbocycles. The van der Waals surface area contributed by atoms with Gasteiger partial charge in [0, 0.05) is 6.04 Å². The number of carbonyl (C=O) groups is 1. The zero-order chi connectivity index (χ0) is 14.2. The second-order valence-electron chi connectivity index (χ2n) is 5.45. The summed E-state index contributed by atoms with van der Waals surface area (Å²) >= 11 is 0. The van der Waals surface area contributed by atoms with Crippen molar-refractivity contribution in [3.63, 3.8) is 0 Å². The monoisotopic (exact) mass is 275 g/mol. The number of esters is 1. The molecule has 1 aliphatic heterocycles. The summed E-state index contributed by atoms with van der Waals surface area (Å²) in [5.74, 6) is -0.0704. The van der Waals surface area contributed by atoms with Crippen molar-refractivity contribution in [3.05, 3.63) is 35.9 Å². The highest BCUT2D eigenvalue weighted by molar-refractivity contribution is 5.70. The van der Waals surface area contributed by atoms with Crippen molar-refractivity contribution in [2.45, 2.75) is 45.1 Å². The van der Waals surface area contributed by atoms with Crippen LogP contribution in [0.15, 0.2) is 30.3 Å². The van der Waals surface area contributed by atoms with Crippen molar-refractivity contribution in [2.75, 3.05) is 19.7 Å². The van der Waals surface area contributed by atoms with Crippen molar-refractivity contribution < 1.29 is 9.53 Å². The van der Waals surface area contributed by atoms with Crippen LogP contribution < -0.4 is 0 Å². The highest BCUT2D eigenvalue weighted by Crippen LogP contribution is 2.18. The van der Waals surface area contributed by atoms with E-state index in [1.807, 2.05) is 13.0 Å². The summed E-state index contributed by atoms with van der Waals surface area (Å²) in [6, 6.07) is 10.7. The smallest absolute Gasteiger partial charge is 0.307 e. The topological polar surface area (TPSA) is 29.5 Å². The molecule has 2 rings (SSSR count). The van der Waals surface area contributed by atoms with Gasteiger partial charge < -0.3 is 4.74 Å². The standard InChI is InChI=1S/C17H25NO2/c1-2-20-17(19)14-16(18-11-7-4-8-12-18)13-15-9-5-3-6-10-15/h3,5-6,9-10,16H,2,4,7-8,11-14H2,1H3. The lowest BCUT2D eigenvalue weighted by molar-refractivity contribution is -0.144. The molecule has 1 fully saturated rings. The van der Waals surface area contributed by atoms with Gasteiger partial charge in [-0.2, -0.15) is 0 Å². The second-order valence-corrected chi connectivity index (χ2v) is 5.45. The molecule has 0 bridgehead atoms. The average Bonchev–Trinajstić information content (AvgIpc) is 2.49. The van der Waals surface area contributed by atoms with Gasteiger partial charge in [0.1, 0.15) is 0 Å². The molecule has 1 saturated heterocycles. The Hall–Kier alpha value is -1.35. The number of hydrogen-bond donors (Lipinski definition) is 0. The van der Waals surface area contributed by atoms with Crippen LogP contribution in [0.5, 0.6) is 0 Å². The summed E-state index contributed by atoms with van der Waals surface area (Å²) in [5, 5.41) is 0. The van der Waals surface area contributed by atoms with Crippen LogP contribution >= 0.6 is 0 Å². The molecule has 0 aromatic heterocycles. The lowest BCUT2D eigenvalue weighted by atomic mass is 9.99. The van der Waals surface area contributed by atoms with Gasteiger partial charge in [-0.1, -0.05) is 36.8 Å². The predicted octanol–water partition coefficient (Wildman–Crippen LogP) is 3.04. The fourth-order valence-electron chi connectivity index (χ4n) is 2.91. The van der Waals surface area contributed by atoms with E-state index in [9.17, 15) is 4.79 Å². The Morgan fingerprint density at radius 1 is 1.20 bits per heavy atom. The van der Waals surface area contributed by atoms with Crippen molar-refractivity contribution in [1.29, 1.82) is 0 Å². The normalized spacial score (nSPS) is 17.6. The fourth-order valence-corrected chi connectivity index (χ4v) is 2.91. The molecule has 20 heavy (non-hydrogen) atoms. The maximum atomic E-state index is 11.8. The van der Waals surface area contributed by atoms with E-state index in [0.717, 1.165) is 19.5 Å². The maximum Gasteiger partial charge on any atom is 0.307 e. The molecule has 0 radical (unpaired) electrons. The summed E-state index contributed by atoms with van der Waals surface area (Å²) in [4.78, 5) is 14.3. The van der Waals surface area contributed by atoms with Crippen molar-refractivity contribution in [3.8, 4) is 0 Å². The number of hydrogen-bond acceptors (Lipinski definition) is 3. The van der Waals surface area contributed by atoms with E-state index < -0.39 is 0 Å². The molecule has 3 heteroatoms. The summed E-state index contributed by atoms with van der Waals surface area (Å²) in [5.41, 5.74) is 1.30. The van der Waals surface area contributed by atoms with Crippen molar-refractivity contribution in [2.24, 2.45) is 0 Å². The van der Waals surface area contributed by atoms with Gasteiger partial charge >= 0.3 is 5.97 Å². The Labute approximate surface area is 121 Å². The minimum Gasteiger partial charge on any atom is -0.466 e. The second kappa shape index (κ2) is 8.05. The predicted molar refractivity (Wildman–Crippen MR) is 80.6 cm³/mol. The first-order valence-corrected chi connectivity index (χ1v) is 7.73. The minimum absolute atomic E-state index is 0.0704. The minimum atomic E-state index is -0.0704. The van der Waals surface area contributed by atoms with Gasteiger partial charge in [-0.25, -0.2) is 0 Å². The van der Waals surface area contributed by atoms with Gasteiger partial charge in [0.15, 0.2) is 0 Å². The van der Waals surface area contributed by atoms with Gasteiger partial charge in [-0.15, -0.1) is 0 Å². The van der Waals surface area contributed by atoms with Crippen LogP contribution in [-0.4, -0.2) is 36.6 Å². The lowest BCUT2D eigenvalue weighted by Gasteiger charge is -2.34. The highest BCUT2D eigenvalue weighted by atomic mass is 16.5. The Kier molecular flexibility index (Phi) is 6.06. The van der Waals surface area contributed by atoms with E-state index in [1.54, 1.807) is 0 Å². The van der Waals surface area contributed by atoms with Crippen LogP contribution in [-0.2, 0) is 16.0 Å². The highest BCUT2D eigenvalue weighted by Gasteiger charge is 2.23. The van der Waals surface area contributed by atoms with Crippen molar-refractivity contribution >= 4 is 5.97 Å². The molecule has 1 atom stereocenters. The van der Waals surface area contributed by atoms with Gasteiger partial charge in [0.25, 0.3) is 0 Å². The Balaban J connectivity index is 2.00. The number of ether oxygens (including phenoxy) is 1. The third kappa shape index (κ3) is 4.64. The van der Waals surface area contributed by atoms with Crippen LogP contribution in [0.25, 0.3) is 0 Å². The van der Waals surface area contributed by atoms with Crippen LogP contribution in [0.2, 0.25) is 0 Å². The summed E-state index contributed by atoms with van der Waals surface area (Å²) in [6.07, 6.45) is 5.23. The van der Waals surface area contributed by atoms with Gasteiger partial charge in [-0.3, -0.25) is 9.69 Å². The molecule has 1 aromatic rings. The van der Waals surface area contributed by atoms with E-state index in [1.165, 1.54) is 24.8 Å². The summed E-state index contributed by atoms with van der Waals surface area (Å²) in [7, 11) is 0. The average molecular weight is 275 g/mol. The molecule has 0 spiro atoms. The summed E-state index contributed by atoms with van der Waals surface area (Å²) < 4.78 is 5.14. The number of rotatable bonds is 6. The van der Waals surface area contributed by atoms with Crippen LogP contribution in [0.3, 0.4) is 0 Å². The molecule has 0 amide bonds. The Bertz CT molecular complexity index is 399. The molecular formula is C17H25NO2. The van der Waals surface area contributed by atoms with Crippen LogP contribution in [0.4, 0.5) is 0 Å². The Morgan fingerprint density at radius 2 is 1.90 bits per heavy atom. The van der Waals surface area contributed by atoms with Gasteiger partial charge in [0.05, 0.1) is 13.0 Å². The first-order valence-electron chi connectivity index (χ1n) is 7.73. The molecule has 1 unspecified atom stereocenters. The molecule has 1 heterocycles. The largest absolute Gasteiger partial charge is 0.466 e. The number of benzene rings is 1. The zero-order valence-corrected chi connectivity index (χ0v) is 12.4. The van der Waals surface area contributed by atoms with E-state index in [4.69, 9.17) is 4.74 Å². The summed E-state index contributed by atoms with van der Waals surface area (Å²) in [6.45, 7) is 4.55. The van der Waals surface area contributed by atoms with E-state index in [0.29, 0.717) is 13.0 Å². The van der Waals surface area contributed by atoms with Crippen LogP contribution in [0, 0.1) is 0 Å². The van der Waals surface area contributed by atoms with E-state index >= 15 is 0 Å². The number of carbonyl (C=O) groups excluding carboxylic acids is 1. The molecule has 3 nitrogen and oxygen atoms in total. The number of piperidine rings is 1. The number of likely N-dealkylation sites (tertiary alicyclic amines) is 1. The molecule has 110 valence electrons. The van der Waals surface area contributed by atoms with Gasteiger partial charge in [-0.05, 0) is 44.8 Å².